The van der Waals surface area contributed by atoms with Crippen molar-refractivity contribution in [2.24, 2.45) is 0 Å². The van der Waals surface area contributed by atoms with Crippen molar-refractivity contribution >= 4 is 11.7 Å². The predicted molar refractivity (Wildman–Crippen MR) is 54.0 cm³/mol. The Morgan fingerprint density at radius 3 is 2.47 bits per heavy atom. The first-order valence-electron chi connectivity index (χ1n) is 4.64. The molecule has 0 amide bonds. The first-order chi connectivity index (χ1) is 7.77. The molecule has 17 heavy (non-hydrogen) atoms. The normalized spacial score (nSPS) is 11.3. The molecule has 0 unspecified atom stereocenters. The second-order valence-electron chi connectivity index (χ2n) is 3.17. The largest absolute Gasteiger partial charge is 0.492 e. The number of hydrogen-bond acceptors (Lipinski definition) is 3. The lowest BCUT2D eigenvalue weighted by Crippen LogP contribution is -2.14. The van der Waals surface area contributed by atoms with E-state index in [4.69, 9.17) is 15.6 Å². The second-order valence-corrected chi connectivity index (χ2v) is 3.17. The molecule has 0 aliphatic carbocycles. The summed E-state index contributed by atoms with van der Waals surface area (Å²) in [6.07, 6.45) is -4.77. The van der Waals surface area contributed by atoms with Gasteiger partial charge < -0.3 is 15.6 Å². The highest BCUT2D eigenvalue weighted by Gasteiger charge is 2.36. The maximum absolute atomic E-state index is 12.6. The zero-order chi connectivity index (χ0) is 13.2. The average molecular weight is 249 g/mol. The minimum atomic E-state index is -4.77. The summed E-state index contributed by atoms with van der Waals surface area (Å²) in [7, 11) is 0. The fourth-order valence-electron chi connectivity index (χ4n) is 1.29. The van der Waals surface area contributed by atoms with Crippen molar-refractivity contribution < 1.29 is 27.8 Å². The number of rotatable bonds is 3. The van der Waals surface area contributed by atoms with Gasteiger partial charge in [-0.1, -0.05) is 0 Å². The third-order valence-corrected chi connectivity index (χ3v) is 1.99. The van der Waals surface area contributed by atoms with Crippen LogP contribution in [0.5, 0.6) is 5.75 Å². The van der Waals surface area contributed by atoms with Gasteiger partial charge >= 0.3 is 12.1 Å². The summed E-state index contributed by atoms with van der Waals surface area (Å²) in [5, 5.41) is 8.68. The molecule has 1 rings (SSSR count). The summed E-state index contributed by atoms with van der Waals surface area (Å²) in [5.41, 5.74) is 3.09. The molecule has 0 saturated carbocycles. The van der Waals surface area contributed by atoms with Crippen molar-refractivity contribution in [3.8, 4) is 5.75 Å². The molecule has 0 aromatic heterocycles. The van der Waals surface area contributed by atoms with E-state index in [-0.39, 0.29) is 18.0 Å². The topological polar surface area (TPSA) is 72.5 Å². The van der Waals surface area contributed by atoms with Gasteiger partial charge in [0.2, 0.25) is 0 Å². The second kappa shape index (κ2) is 4.52. The van der Waals surface area contributed by atoms with E-state index >= 15 is 0 Å². The number of hydrogen-bond donors (Lipinski definition) is 2. The smallest absolute Gasteiger partial charge is 0.417 e. The van der Waals surface area contributed by atoms with E-state index in [0.29, 0.717) is 6.07 Å². The van der Waals surface area contributed by atoms with Gasteiger partial charge in [0.1, 0.15) is 5.75 Å². The van der Waals surface area contributed by atoms with Crippen LogP contribution in [0.2, 0.25) is 0 Å². The number of nitrogen functional groups attached to an aromatic ring is 1. The summed E-state index contributed by atoms with van der Waals surface area (Å²) < 4.78 is 42.7. The lowest BCUT2D eigenvalue weighted by atomic mass is 10.1. The molecule has 94 valence electrons. The lowest BCUT2D eigenvalue weighted by Gasteiger charge is -2.14. The Morgan fingerprint density at radius 1 is 1.47 bits per heavy atom. The summed E-state index contributed by atoms with van der Waals surface area (Å²) in [6, 6.07) is 1.35. The highest BCUT2D eigenvalue weighted by atomic mass is 19.4. The van der Waals surface area contributed by atoms with Crippen LogP contribution in [0.3, 0.4) is 0 Å². The molecule has 0 atom stereocenters. The van der Waals surface area contributed by atoms with Crippen LogP contribution in [-0.4, -0.2) is 17.7 Å². The van der Waals surface area contributed by atoms with E-state index in [1.807, 2.05) is 0 Å². The summed E-state index contributed by atoms with van der Waals surface area (Å²) in [6.45, 7) is 1.71. The molecule has 3 N–H and O–H groups in total. The molecule has 1 aromatic carbocycles. The SMILES string of the molecule is CCOc1cc(C(F)(F)F)c(C(=O)O)cc1N. The maximum Gasteiger partial charge on any atom is 0.417 e. The van der Waals surface area contributed by atoms with Crippen molar-refractivity contribution in [1.29, 1.82) is 0 Å². The van der Waals surface area contributed by atoms with Gasteiger partial charge in [-0.05, 0) is 19.1 Å². The van der Waals surface area contributed by atoms with Gasteiger partial charge in [-0.3, -0.25) is 0 Å². The highest BCUT2D eigenvalue weighted by molar-refractivity contribution is 5.91. The molecule has 0 aliphatic rings. The van der Waals surface area contributed by atoms with Gasteiger partial charge in [0.15, 0.2) is 0 Å². The van der Waals surface area contributed by atoms with E-state index in [9.17, 15) is 18.0 Å². The number of anilines is 1. The van der Waals surface area contributed by atoms with Crippen LogP contribution in [-0.2, 0) is 6.18 Å². The minimum Gasteiger partial charge on any atom is -0.492 e. The Labute approximate surface area is 94.8 Å². The van der Waals surface area contributed by atoms with E-state index in [1.54, 1.807) is 6.92 Å². The van der Waals surface area contributed by atoms with Crippen molar-refractivity contribution in [2.45, 2.75) is 13.1 Å². The Bertz CT molecular complexity index is 443. The zero-order valence-electron chi connectivity index (χ0n) is 8.84. The van der Waals surface area contributed by atoms with Crippen LogP contribution in [0.25, 0.3) is 0 Å². The number of aromatic carboxylic acids is 1. The molecular formula is C10H10F3NO3. The number of carboxylic acid groups (broad SMARTS) is 1. The Kier molecular flexibility index (Phi) is 3.50. The van der Waals surface area contributed by atoms with Crippen LogP contribution in [0.4, 0.5) is 18.9 Å². The molecule has 0 heterocycles. The van der Waals surface area contributed by atoms with Crippen LogP contribution >= 0.6 is 0 Å². The number of carboxylic acids is 1. The van der Waals surface area contributed by atoms with Gasteiger partial charge in [0, 0.05) is 0 Å². The molecule has 4 nitrogen and oxygen atoms in total. The van der Waals surface area contributed by atoms with Gasteiger partial charge in [-0.2, -0.15) is 13.2 Å². The number of alkyl halides is 3. The molecule has 0 fully saturated rings. The summed E-state index contributed by atoms with van der Waals surface area (Å²) >= 11 is 0. The van der Waals surface area contributed by atoms with E-state index < -0.39 is 23.3 Å². The minimum absolute atomic E-state index is 0.133. The molecule has 1 aromatic rings. The first-order valence-corrected chi connectivity index (χ1v) is 4.64. The van der Waals surface area contributed by atoms with Crippen molar-refractivity contribution in [3.63, 3.8) is 0 Å². The van der Waals surface area contributed by atoms with Crippen LogP contribution in [0.15, 0.2) is 12.1 Å². The number of carbonyl (C=O) groups is 1. The van der Waals surface area contributed by atoms with Crippen LogP contribution < -0.4 is 10.5 Å². The standard InChI is InChI=1S/C10H10F3NO3/c1-2-17-8-4-6(10(11,12)13)5(9(15)16)3-7(8)14/h3-4H,2,14H2,1H3,(H,15,16). The zero-order valence-corrected chi connectivity index (χ0v) is 8.84. The Hall–Kier alpha value is -1.92. The van der Waals surface area contributed by atoms with Crippen molar-refractivity contribution in [1.82, 2.24) is 0 Å². The summed E-state index contributed by atoms with van der Waals surface area (Å²) in [5.74, 6) is -1.86. The van der Waals surface area contributed by atoms with Crippen LogP contribution in [0.1, 0.15) is 22.8 Å². The van der Waals surface area contributed by atoms with Gasteiger partial charge in [-0.25, -0.2) is 4.79 Å². The van der Waals surface area contributed by atoms with E-state index in [1.165, 1.54) is 0 Å². The number of benzene rings is 1. The fourth-order valence-corrected chi connectivity index (χ4v) is 1.29. The number of ether oxygens (including phenoxy) is 1. The monoisotopic (exact) mass is 249 g/mol. The maximum atomic E-state index is 12.6. The third-order valence-electron chi connectivity index (χ3n) is 1.99. The third kappa shape index (κ3) is 2.80. The highest BCUT2D eigenvalue weighted by Crippen LogP contribution is 2.37. The molecule has 7 heteroatoms. The van der Waals surface area contributed by atoms with Crippen LogP contribution in [0, 0.1) is 0 Å². The Balaban J connectivity index is 3.42. The Morgan fingerprint density at radius 2 is 2.06 bits per heavy atom. The molecule has 0 radical (unpaired) electrons. The van der Waals surface area contributed by atoms with Gasteiger partial charge in [0.25, 0.3) is 0 Å². The summed E-state index contributed by atoms with van der Waals surface area (Å²) in [4.78, 5) is 10.7. The molecular weight excluding hydrogens is 239 g/mol. The van der Waals surface area contributed by atoms with E-state index in [2.05, 4.69) is 0 Å². The molecule has 0 aliphatic heterocycles. The van der Waals surface area contributed by atoms with Gasteiger partial charge in [-0.15, -0.1) is 0 Å². The average Bonchev–Trinajstić information content (AvgIpc) is 2.18. The van der Waals surface area contributed by atoms with Crippen molar-refractivity contribution in [2.75, 3.05) is 12.3 Å². The lowest BCUT2D eigenvalue weighted by molar-refractivity contribution is -0.138. The predicted octanol–water partition coefficient (Wildman–Crippen LogP) is 2.38. The molecule has 0 saturated heterocycles. The first kappa shape index (κ1) is 13.1. The van der Waals surface area contributed by atoms with Crippen molar-refractivity contribution in [3.05, 3.63) is 23.3 Å². The molecule has 0 spiro atoms. The number of halogens is 3. The fraction of sp³-hybridized carbons (Fsp3) is 0.300. The van der Waals surface area contributed by atoms with E-state index in [0.717, 1.165) is 6.07 Å². The quantitative estimate of drug-likeness (QED) is 0.806. The number of nitrogens with two attached hydrogens (primary N) is 1. The molecule has 0 bridgehead atoms. The van der Waals surface area contributed by atoms with Gasteiger partial charge in [0.05, 0.1) is 23.4 Å².